The molecule has 0 radical (unpaired) electrons. The maximum absolute atomic E-state index is 12.6. The standard InChI is InChI=1S/C27H40N3O5S/c1-3-5-7-12-19-33-25-24(28-36-29-25)23-17-14-18-30(32,21-23)26(22-15-10-9-11-16-22)35-27(31)34-20-13-8-6-4-2/h9-11,15-17,26,32H,3-8,12-14,18-21H2,1-2H3/q+1. The largest absolute Gasteiger partial charge is 0.513 e. The van der Waals surface area contributed by atoms with Gasteiger partial charge in [-0.3, -0.25) is 0 Å². The molecule has 1 N–H and O–H groups in total. The summed E-state index contributed by atoms with van der Waals surface area (Å²) >= 11 is 1.10. The van der Waals surface area contributed by atoms with Crippen LogP contribution in [-0.4, -0.2) is 51.1 Å². The van der Waals surface area contributed by atoms with E-state index in [1.165, 1.54) is 12.8 Å². The van der Waals surface area contributed by atoms with Gasteiger partial charge in [0.2, 0.25) is 0 Å². The van der Waals surface area contributed by atoms with E-state index in [0.717, 1.165) is 55.8 Å². The highest BCUT2D eigenvalue weighted by atomic mass is 32.1. The van der Waals surface area contributed by atoms with Gasteiger partial charge in [0.05, 0.1) is 30.5 Å². The number of quaternary nitrogens is 1. The van der Waals surface area contributed by atoms with Gasteiger partial charge in [0.25, 0.3) is 12.1 Å². The Labute approximate surface area is 218 Å². The van der Waals surface area contributed by atoms with Gasteiger partial charge in [-0.2, -0.15) is 4.37 Å². The molecule has 1 aromatic heterocycles. The molecule has 0 spiro atoms. The molecule has 36 heavy (non-hydrogen) atoms. The summed E-state index contributed by atoms with van der Waals surface area (Å²) in [6.07, 6.45) is 9.41. The second-order valence-corrected chi connectivity index (χ2v) is 9.78. The minimum atomic E-state index is -0.928. The molecular weight excluding hydrogens is 478 g/mol. The predicted octanol–water partition coefficient (Wildman–Crippen LogP) is 6.92. The average Bonchev–Trinajstić information content (AvgIpc) is 3.36. The number of carbonyl (C=O) groups excluding carboxylic acids is 1. The van der Waals surface area contributed by atoms with Gasteiger partial charge in [-0.05, 0) is 25.0 Å². The van der Waals surface area contributed by atoms with Crippen molar-refractivity contribution < 1.29 is 28.9 Å². The number of aromatic nitrogens is 2. The SMILES string of the molecule is CCCCCCOC(=O)OC(c1ccccc1)[N+]1(O)CCC=C(c2nsnc2OCCCCCC)C1. The van der Waals surface area contributed by atoms with Crippen molar-refractivity contribution in [3.63, 3.8) is 0 Å². The van der Waals surface area contributed by atoms with E-state index in [4.69, 9.17) is 14.2 Å². The fraction of sp³-hybridized carbons (Fsp3) is 0.593. The molecule has 2 aromatic rings. The summed E-state index contributed by atoms with van der Waals surface area (Å²) < 4.78 is 25.3. The molecule has 1 aliphatic heterocycles. The number of hydrogen-bond donors (Lipinski definition) is 1. The molecule has 0 fully saturated rings. The number of rotatable bonds is 15. The van der Waals surface area contributed by atoms with Crippen LogP contribution >= 0.6 is 11.7 Å². The molecule has 3 rings (SSSR count). The number of benzene rings is 1. The quantitative estimate of drug-likeness (QED) is 0.155. The van der Waals surface area contributed by atoms with E-state index >= 15 is 0 Å². The van der Waals surface area contributed by atoms with E-state index in [1.54, 1.807) is 0 Å². The van der Waals surface area contributed by atoms with E-state index in [1.807, 2.05) is 30.3 Å². The monoisotopic (exact) mass is 518 g/mol. The second kappa shape index (κ2) is 14.9. The number of unbranched alkanes of at least 4 members (excludes halogenated alkanes) is 6. The van der Waals surface area contributed by atoms with Crippen molar-refractivity contribution in [3.05, 3.63) is 47.7 Å². The summed E-state index contributed by atoms with van der Waals surface area (Å²) in [5.41, 5.74) is 2.18. The van der Waals surface area contributed by atoms with Crippen LogP contribution in [0.4, 0.5) is 4.79 Å². The molecule has 0 saturated heterocycles. The lowest BCUT2D eigenvalue weighted by Gasteiger charge is -2.38. The van der Waals surface area contributed by atoms with Crippen LogP contribution in [0.1, 0.15) is 89.1 Å². The first-order valence-corrected chi connectivity index (χ1v) is 13.9. The minimum Gasteiger partial charge on any atom is -0.475 e. The molecule has 2 unspecified atom stereocenters. The Morgan fingerprint density at radius 1 is 1.03 bits per heavy atom. The summed E-state index contributed by atoms with van der Waals surface area (Å²) in [5, 5.41) is 11.8. The summed E-state index contributed by atoms with van der Waals surface area (Å²) in [7, 11) is 0. The van der Waals surface area contributed by atoms with Crippen LogP contribution in [-0.2, 0) is 9.47 Å². The molecule has 1 aliphatic rings. The Hall–Kier alpha value is -2.49. The normalized spacial score (nSPS) is 18.4. The molecule has 0 saturated carbocycles. The van der Waals surface area contributed by atoms with E-state index in [0.29, 0.717) is 43.3 Å². The van der Waals surface area contributed by atoms with Gasteiger partial charge in [0.15, 0.2) is 0 Å². The lowest BCUT2D eigenvalue weighted by atomic mass is 10.0. The van der Waals surface area contributed by atoms with E-state index < -0.39 is 17.0 Å². The van der Waals surface area contributed by atoms with Crippen molar-refractivity contribution in [2.45, 2.75) is 77.9 Å². The third-order valence-electron chi connectivity index (χ3n) is 6.30. The Kier molecular flexibility index (Phi) is 11.6. The predicted molar refractivity (Wildman–Crippen MR) is 140 cm³/mol. The van der Waals surface area contributed by atoms with Crippen molar-refractivity contribution in [2.75, 3.05) is 26.3 Å². The molecule has 0 aliphatic carbocycles. The zero-order valence-corrected chi connectivity index (χ0v) is 22.4. The van der Waals surface area contributed by atoms with E-state index in [-0.39, 0.29) is 6.54 Å². The maximum Gasteiger partial charge on any atom is 0.513 e. The highest BCUT2D eigenvalue weighted by Crippen LogP contribution is 2.37. The number of hydroxylamine groups is 3. The first kappa shape index (κ1) is 28.1. The highest BCUT2D eigenvalue weighted by molar-refractivity contribution is 6.99. The Balaban J connectivity index is 1.70. The van der Waals surface area contributed by atoms with Crippen molar-refractivity contribution in [2.24, 2.45) is 0 Å². The summed E-state index contributed by atoms with van der Waals surface area (Å²) in [6.45, 7) is 5.80. The average molecular weight is 519 g/mol. The third-order valence-corrected chi connectivity index (χ3v) is 6.81. The smallest absolute Gasteiger partial charge is 0.475 e. The van der Waals surface area contributed by atoms with Crippen molar-refractivity contribution in [1.82, 2.24) is 8.75 Å². The topological polar surface area (TPSA) is 90.8 Å². The van der Waals surface area contributed by atoms with Gasteiger partial charge >= 0.3 is 6.16 Å². The van der Waals surface area contributed by atoms with Crippen molar-refractivity contribution in [1.29, 1.82) is 0 Å². The van der Waals surface area contributed by atoms with Crippen molar-refractivity contribution >= 4 is 23.5 Å². The number of hydrogen-bond acceptors (Lipinski definition) is 8. The van der Waals surface area contributed by atoms with Crippen LogP contribution in [0.2, 0.25) is 0 Å². The molecule has 2 atom stereocenters. The van der Waals surface area contributed by atoms with Crippen LogP contribution in [0.15, 0.2) is 36.4 Å². The van der Waals surface area contributed by atoms with Crippen LogP contribution in [0, 0.1) is 0 Å². The number of ether oxygens (including phenoxy) is 3. The molecule has 198 valence electrons. The molecule has 1 aromatic carbocycles. The first-order chi connectivity index (χ1) is 17.6. The second-order valence-electron chi connectivity index (χ2n) is 9.25. The molecule has 0 amide bonds. The fourth-order valence-electron chi connectivity index (χ4n) is 4.31. The van der Waals surface area contributed by atoms with Crippen LogP contribution in [0.25, 0.3) is 5.57 Å². The van der Waals surface area contributed by atoms with E-state index in [2.05, 4.69) is 28.7 Å². The van der Waals surface area contributed by atoms with Gasteiger partial charge in [0, 0.05) is 12.0 Å². The lowest BCUT2D eigenvalue weighted by Crippen LogP contribution is -2.52. The first-order valence-electron chi connectivity index (χ1n) is 13.2. The number of carbonyl (C=O) groups is 1. The van der Waals surface area contributed by atoms with E-state index in [9.17, 15) is 10.0 Å². The molecule has 0 bridgehead atoms. The summed E-state index contributed by atoms with van der Waals surface area (Å²) in [6, 6.07) is 9.32. The van der Waals surface area contributed by atoms with Gasteiger partial charge in [-0.15, -0.1) is 9.02 Å². The van der Waals surface area contributed by atoms with Gasteiger partial charge in [-0.25, -0.2) is 10.0 Å². The zero-order valence-electron chi connectivity index (χ0n) is 21.6. The molecule has 8 nitrogen and oxygen atoms in total. The van der Waals surface area contributed by atoms with Crippen LogP contribution in [0.5, 0.6) is 5.88 Å². The Morgan fingerprint density at radius 3 is 2.47 bits per heavy atom. The molecule has 2 heterocycles. The van der Waals surface area contributed by atoms with Gasteiger partial charge in [0.1, 0.15) is 18.8 Å². The summed E-state index contributed by atoms with van der Waals surface area (Å²) in [5.74, 6) is 0.500. The number of nitrogens with zero attached hydrogens (tertiary/aromatic N) is 3. The van der Waals surface area contributed by atoms with Crippen LogP contribution in [0.3, 0.4) is 0 Å². The maximum atomic E-state index is 12.6. The zero-order chi connectivity index (χ0) is 25.6. The lowest BCUT2D eigenvalue weighted by molar-refractivity contribution is -1.13. The van der Waals surface area contributed by atoms with Crippen molar-refractivity contribution in [3.8, 4) is 5.88 Å². The van der Waals surface area contributed by atoms with Gasteiger partial charge < -0.3 is 14.2 Å². The minimum absolute atomic E-state index is 0.209. The molecule has 9 heteroatoms. The third kappa shape index (κ3) is 8.28. The van der Waals surface area contributed by atoms with Crippen LogP contribution < -0.4 is 4.74 Å². The molecular formula is C27H40N3O5S+. The summed E-state index contributed by atoms with van der Waals surface area (Å²) in [4.78, 5) is 12.6. The Bertz CT molecular complexity index is 952. The Morgan fingerprint density at radius 2 is 1.75 bits per heavy atom. The van der Waals surface area contributed by atoms with Gasteiger partial charge in [-0.1, -0.05) is 76.6 Å². The highest BCUT2D eigenvalue weighted by Gasteiger charge is 2.44. The fourth-order valence-corrected chi connectivity index (χ4v) is 4.84.